The summed E-state index contributed by atoms with van der Waals surface area (Å²) < 4.78 is 4.91. The monoisotopic (exact) mass is 252 g/mol. The van der Waals surface area contributed by atoms with Crippen LogP contribution in [0.15, 0.2) is 12.2 Å². The summed E-state index contributed by atoms with van der Waals surface area (Å²) in [6.45, 7) is 6.05. The van der Waals surface area contributed by atoms with E-state index in [-0.39, 0.29) is 5.97 Å². The summed E-state index contributed by atoms with van der Waals surface area (Å²) in [6.07, 6.45) is 13.0. The van der Waals surface area contributed by atoms with Gasteiger partial charge in [-0.1, -0.05) is 57.9 Å². The van der Waals surface area contributed by atoms with Gasteiger partial charge in [0.05, 0.1) is 6.61 Å². The van der Waals surface area contributed by atoms with Crippen LogP contribution in [0.3, 0.4) is 0 Å². The quantitative estimate of drug-likeness (QED) is 0.339. The first-order valence-electron chi connectivity index (χ1n) is 7.59. The van der Waals surface area contributed by atoms with Gasteiger partial charge in [-0.05, 0) is 25.7 Å². The molecule has 0 amide bonds. The summed E-state index contributed by atoms with van der Waals surface area (Å²) in [7, 11) is 0. The van der Waals surface area contributed by atoms with Crippen LogP contribution >= 0.6 is 0 Å². The first-order valence-corrected chi connectivity index (χ1v) is 7.59. The molecule has 0 aromatic carbocycles. The number of esters is 1. The zero-order chi connectivity index (χ0) is 13.2. The van der Waals surface area contributed by atoms with Crippen LogP contribution in [0.5, 0.6) is 0 Å². The van der Waals surface area contributed by atoms with Crippen LogP contribution in [0.1, 0.15) is 71.1 Å². The summed E-state index contributed by atoms with van der Waals surface area (Å²) in [5, 5.41) is 0. The Morgan fingerprint density at radius 3 is 2.50 bits per heavy atom. The van der Waals surface area contributed by atoms with Crippen molar-refractivity contribution in [2.45, 2.75) is 71.1 Å². The molecule has 0 aromatic rings. The van der Waals surface area contributed by atoms with Gasteiger partial charge in [0.1, 0.15) is 0 Å². The van der Waals surface area contributed by atoms with Gasteiger partial charge in [-0.15, -0.1) is 0 Å². The van der Waals surface area contributed by atoms with Gasteiger partial charge in [-0.25, -0.2) is 4.79 Å². The van der Waals surface area contributed by atoms with Gasteiger partial charge in [0.15, 0.2) is 0 Å². The van der Waals surface area contributed by atoms with Gasteiger partial charge in [-0.2, -0.15) is 0 Å². The van der Waals surface area contributed by atoms with Crippen LogP contribution in [-0.4, -0.2) is 12.6 Å². The molecule has 0 radical (unpaired) electrons. The number of unbranched alkanes of at least 4 members (excludes halogenated alkanes) is 3. The smallest absolute Gasteiger partial charge is 0.333 e. The molecule has 1 saturated carbocycles. The van der Waals surface area contributed by atoms with E-state index in [1.54, 1.807) is 0 Å². The van der Waals surface area contributed by atoms with Crippen LogP contribution in [0, 0.1) is 5.92 Å². The van der Waals surface area contributed by atoms with Crippen molar-refractivity contribution in [2.24, 2.45) is 5.92 Å². The van der Waals surface area contributed by atoms with Crippen molar-refractivity contribution in [3.05, 3.63) is 12.2 Å². The molecule has 0 spiro atoms. The Hall–Kier alpha value is -0.790. The van der Waals surface area contributed by atoms with Crippen LogP contribution < -0.4 is 0 Å². The third-order valence-electron chi connectivity index (χ3n) is 3.88. The standard InChI is InChI=1S/C16H28O2/c1-3-18-16(17)14(2)10-6-4-5-7-11-15-12-8-9-13-15/h15H,2-13H2,1H3. The van der Waals surface area contributed by atoms with E-state index in [1.165, 1.54) is 51.4 Å². The third kappa shape index (κ3) is 6.23. The van der Waals surface area contributed by atoms with Crippen LogP contribution in [0.4, 0.5) is 0 Å². The second-order valence-corrected chi connectivity index (χ2v) is 5.43. The van der Waals surface area contributed by atoms with E-state index in [0.717, 1.165) is 18.8 Å². The Balaban J connectivity index is 1.91. The summed E-state index contributed by atoms with van der Waals surface area (Å²) in [6, 6.07) is 0. The van der Waals surface area contributed by atoms with Gasteiger partial charge in [0.2, 0.25) is 0 Å². The van der Waals surface area contributed by atoms with E-state index in [4.69, 9.17) is 4.74 Å². The van der Waals surface area contributed by atoms with Crippen molar-refractivity contribution in [2.75, 3.05) is 6.61 Å². The molecule has 0 atom stereocenters. The maximum absolute atomic E-state index is 11.3. The Kier molecular flexibility index (Phi) is 7.79. The largest absolute Gasteiger partial charge is 0.463 e. The Labute approximate surface area is 112 Å². The number of carbonyl (C=O) groups is 1. The number of carbonyl (C=O) groups excluding carboxylic acids is 1. The Morgan fingerprint density at radius 1 is 1.17 bits per heavy atom. The number of hydrogen-bond acceptors (Lipinski definition) is 2. The molecule has 0 aromatic heterocycles. The lowest BCUT2D eigenvalue weighted by Crippen LogP contribution is -2.06. The molecule has 0 bridgehead atoms. The molecule has 0 heterocycles. The molecule has 1 fully saturated rings. The van der Waals surface area contributed by atoms with Gasteiger partial charge in [0.25, 0.3) is 0 Å². The molecule has 1 rings (SSSR count). The highest BCUT2D eigenvalue weighted by Gasteiger charge is 2.13. The highest BCUT2D eigenvalue weighted by Crippen LogP contribution is 2.29. The van der Waals surface area contributed by atoms with Crippen molar-refractivity contribution < 1.29 is 9.53 Å². The summed E-state index contributed by atoms with van der Waals surface area (Å²) >= 11 is 0. The van der Waals surface area contributed by atoms with E-state index >= 15 is 0 Å². The fourth-order valence-corrected chi connectivity index (χ4v) is 2.76. The highest BCUT2D eigenvalue weighted by molar-refractivity contribution is 5.87. The van der Waals surface area contributed by atoms with E-state index in [0.29, 0.717) is 12.2 Å². The second-order valence-electron chi connectivity index (χ2n) is 5.43. The molecular formula is C16H28O2. The molecule has 0 aliphatic heterocycles. The molecule has 18 heavy (non-hydrogen) atoms. The zero-order valence-corrected chi connectivity index (χ0v) is 11.9. The maximum Gasteiger partial charge on any atom is 0.333 e. The van der Waals surface area contributed by atoms with Gasteiger partial charge < -0.3 is 4.74 Å². The van der Waals surface area contributed by atoms with Crippen molar-refractivity contribution in [3.63, 3.8) is 0 Å². The summed E-state index contributed by atoms with van der Waals surface area (Å²) in [4.78, 5) is 11.3. The number of rotatable bonds is 9. The zero-order valence-electron chi connectivity index (χ0n) is 11.9. The van der Waals surface area contributed by atoms with Gasteiger partial charge >= 0.3 is 5.97 Å². The summed E-state index contributed by atoms with van der Waals surface area (Å²) in [5.41, 5.74) is 0.632. The van der Waals surface area contributed by atoms with E-state index in [2.05, 4.69) is 6.58 Å². The lowest BCUT2D eigenvalue weighted by atomic mass is 9.99. The van der Waals surface area contributed by atoms with E-state index in [1.807, 2.05) is 6.92 Å². The minimum absolute atomic E-state index is 0.219. The minimum atomic E-state index is -0.219. The average Bonchev–Trinajstić information content (AvgIpc) is 2.86. The number of ether oxygens (including phenoxy) is 1. The van der Waals surface area contributed by atoms with Crippen LogP contribution in [0.25, 0.3) is 0 Å². The molecule has 2 nitrogen and oxygen atoms in total. The molecule has 2 heteroatoms. The normalized spacial score (nSPS) is 15.8. The van der Waals surface area contributed by atoms with E-state index in [9.17, 15) is 4.79 Å². The lowest BCUT2D eigenvalue weighted by Gasteiger charge is -2.08. The Bertz CT molecular complexity index is 252. The van der Waals surface area contributed by atoms with Crippen molar-refractivity contribution in [1.29, 1.82) is 0 Å². The van der Waals surface area contributed by atoms with E-state index < -0.39 is 0 Å². The molecule has 0 unspecified atom stereocenters. The van der Waals surface area contributed by atoms with Crippen molar-refractivity contribution in [3.8, 4) is 0 Å². The predicted octanol–water partition coefficient (Wildman–Crippen LogP) is 4.64. The first-order chi connectivity index (χ1) is 8.74. The van der Waals surface area contributed by atoms with Crippen LogP contribution in [0.2, 0.25) is 0 Å². The topological polar surface area (TPSA) is 26.3 Å². The first kappa shape index (κ1) is 15.3. The maximum atomic E-state index is 11.3. The third-order valence-corrected chi connectivity index (χ3v) is 3.88. The molecule has 0 saturated heterocycles. The fourth-order valence-electron chi connectivity index (χ4n) is 2.76. The second kappa shape index (κ2) is 9.18. The average molecular weight is 252 g/mol. The SMILES string of the molecule is C=C(CCCCCCC1CCCC1)C(=O)OCC. The van der Waals surface area contributed by atoms with Crippen molar-refractivity contribution in [1.82, 2.24) is 0 Å². The molecule has 0 N–H and O–H groups in total. The van der Waals surface area contributed by atoms with Crippen molar-refractivity contribution >= 4 is 5.97 Å². The minimum Gasteiger partial charge on any atom is -0.463 e. The molecule has 1 aliphatic carbocycles. The predicted molar refractivity (Wildman–Crippen MR) is 75.4 cm³/mol. The lowest BCUT2D eigenvalue weighted by molar-refractivity contribution is -0.138. The molecule has 1 aliphatic rings. The van der Waals surface area contributed by atoms with Gasteiger partial charge in [-0.3, -0.25) is 0 Å². The number of hydrogen-bond donors (Lipinski definition) is 0. The molecular weight excluding hydrogens is 224 g/mol. The summed E-state index contributed by atoms with van der Waals surface area (Å²) in [5.74, 6) is 0.794. The van der Waals surface area contributed by atoms with Gasteiger partial charge in [0, 0.05) is 5.57 Å². The fraction of sp³-hybridized carbons (Fsp3) is 0.812. The highest BCUT2D eigenvalue weighted by atomic mass is 16.5. The Morgan fingerprint density at radius 2 is 1.83 bits per heavy atom. The molecule has 104 valence electrons. The van der Waals surface area contributed by atoms with Crippen LogP contribution in [-0.2, 0) is 9.53 Å².